The number of rotatable bonds is 12. The molecule has 14 heteroatoms. The van der Waals surface area contributed by atoms with E-state index < -0.39 is 29.7 Å². The molecule has 1 saturated carbocycles. The van der Waals surface area contributed by atoms with Crippen molar-refractivity contribution in [1.82, 2.24) is 20.4 Å². The van der Waals surface area contributed by atoms with E-state index in [2.05, 4.69) is 59.5 Å². The molecule has 1 unspecified atom stereocenters. The molecule has 3 heterocycles. The van der Waals surface area contributed by atoms with Gasteiger partial charge in [0.2, 0.25) is 11.8 Å². The Morgan fingerprint density at radius 2 is 1.61 bits per heavy atom. The van der Waals surface area contributed by atoms with Gasteiger partial charge in [-0.1, -0.05) is 39.3 Å². The number of piperazine rings is 1. The van der Waals surface area contributed by atoms with Crippen LogP contribution in [-0.2, 0) is 9.59 Å². The molecule has 5 amide bonds. The molecule has 0 spiro atoms. The van der Waals surface area contributed by atoms with E-state index in [-0.39, 0.29) is 47.3 Å². The summed E-state index contributed by atoms with van der Waals surface area (Å²) in [6.07, 6.45) is 2.04. The minimum absolute atomic E-state index is 0.0876. The first-order valence-corrected chi connectivity index (χ1v) is 19.9. The fraction of sp³-hybridized carbons (Fsp3) is 0.442. The predicted octanol–water partition coefficient (Wildman–Crippen LogP) is 5.24. The van der Waals surface area contributed by atoms with Crippen molar-refractivity contribution in [2.24, 2.45) is 10.8 Å². The van der Waals surface area contributed by atoms with Gasteiger partial charge in [-0.25, -0.2) is 0 Å². The number of amides is 5. The van der Waals surface area contributed by atoms with Crippen molar-refractivity contribution >= 4 is 52.5 Å². The predicted molar refractivity (Wildman–Crippen MR) is 215 cm³/mol. The number of hydrogen-bond donors (Lipinski definition) is 3. The second kappa shape index (κ2) is 15.8. The number of carbonyl (C=O) groups excluding carboxylic acids is 5. The molecule has 57 heavy (non-hydrogen) atoms. The first kappa shape index (κ1) is 39.8. The fourth-order valence-electron chi connectivity index (χ4n) is 9.13. The van der Waals surface area contributed by atoms with Crippen LogP contribution < -0.4 is 25.6 Å². The van der Waals surface area contributed by atoms with E-state index in [9.17, 15) is 29.2 Å². The highest BCUT2D eigenvalue weighted by Crippen LogP contribution is 2.55. The summed E-state index contributed by atoms with van der Waals surface area (Å²) < 4.78 is 6.35. The number of piperidine rings is 1. The summed E-state index contributed by atoms with van der Waals surface area (Å²) in [5.41, 5.74) is 2.68. The van der Waals surface area contributed by atoms with Crippen LogP contribution in [0.3, 0.4) is 0 Å². The molecule has 0 radical (unpaired) electrons. The van der Waals surface area contributed by atoms with Gasteiger partial charge in [0.25, 0.3) is 17.7 Å². The van der Waals surface area contributed by atoms with E-state index in [4.69, 9.17) is 16.3 Å². The first-order chi connectivity index (χ1) is 27.2. The lowest BCUT2D eigenvalue weighted by molar-refractivity contribution is -0.164. The average molecular weight is 794 g/mol. The van der Waals surface area contributed by atoms with Crippen LogP contribution in [0.5, 0.6) is 5.75 Å². The number of hydrogen-bond acceptors (Lipinski definition) is 10. The normalized spacial score (nSPS) is 22.6. The van der Waals surface area contributed by atoms with Gasteiger partial charge < -0.3 is 20.3 Å². The van der Waals surface area contributed by atoms with E-state index in [0.29, 0.717) is 27.5 Å². The number of nitrogens with zero attached hydrogens (tertiary/aromatic N) is 4. The molecule has 0 aromatic heterocycles. The van der Waals surface area contributed by atoms with Crippen LogP contribution in [0.2, 0.25) is 5.02 Å². The number of fused-ring (bicyclic) bond motifs is 1. The highest BCUT2D eigenvalue weighted by molar-refractivity contribution is 6.31. The van der Waals surface area contributed by atoms with E-state index in [0.717, 1.165) is 68.4 Å². The quantitative estimate of drug-likeness (QED) is 0.163. The zero-order chi connectivity index (χ0) is 40.6. The number of halogens is 1. The van der Waals surface area contributed by atoms with Crippen LogP contribution in [0.4, 0.5) is 11.4 Å². The number of nitriles is 1. The van der Waals surface area contributed by atoms with Gasteiger partial charge in [-0.05, 0) is 80.4 Å². The van der Waals surface area contributed by atoms with Gasteiger partial charge in [0.15, 0.2) is 0 Å². The standard InChI is InChI=1S/C43H48ClN7O6/c1-42(2)40(43(3,4)41(42)57-30-13-9-27(25-45)33(44)24-30)48-36(53)26-7-10-28(11-8-26)46-17-5-6-18-49-19-21-50(22-20-49)29-12-14-31-32(23-29)39(56)51(38(31)55)34-15-16-35(52)47-37(34)54/h7-14,23-24,34,40-41,46H,5-6,15-22H2,1-4H3,(H,48,53)(H,47,52,54)/t34?,40-,41-. The number of anilines is 2. The van der Waals surface area contributed by atoms with Gasteiger partial charge in [0.1, 0.15) is 24.0 Å². The molecule has 3 fully saturated rings. The molecule has 3 N–H and O–H groups in total. The molecule has 7 rings (SSSR count). The fourth-order valence-corrected chi connectivity index (χ4v) is 9.34. The summed E-state index contributed by atoms with van der Waals surface area (Å²) in [6, 6.07) is 18.8. The summed E-state index contributed by atoms with van der Waals surface area (Å²) >= 11 is 6.23. The Morgan fingerprint density at radius 1 is 0.912 bits per heavy atom. The van der Waals surface area contributed by atoms with Crippen molar-refractivity contribution in [3.63, 3.8) is 0 Å². The van der Waals surface area contributed by atoms with Crippen LogP contribution in [-0.4, -0.2) is 96.8 Å². The van der Waals surface area contributed by atoms with Crippen molar-refractivity contribution < 1.29 is 28.7 Å². The van der Waals surface area contributed by atoms with Crippen molar-refractivity contribution in [2.75, 3.05) is 49.5 Å². The maximum absolute atomic E-state index is 13.3. The van der Waals surface area contributed by atoms with Crippen LogP contribution in [0.15, 0.2) is 60.7 Å². The zero-order valence-electron chi connectivity index (χ0n) is 32.7. The molecule has 3 aromatic carbocycles. The van der Waals surface area contributed by atoms with E-state index in [1.807, 2.05) is 30.3 Å². The minimum Gasteiger partial charge on any atom is -0.489 e. The van der Waals surface area contributed by atoms with E-state index in [1.165, 1.54) is 0 Å². The molecule has 1 aliphatic carbocycles. The van der Waals surface area contributed by atoms with Gasteiger partial charge in [0.05, 0.1) is 21.7 Å². The number of unbranched alkanes of at least 4 members (excludes halogenated alkanes) is 1. The largest absolute Gasteiger partial charge is 0.489 e. The molecule has 4 aliphatic rings. The Balaban J connectivity index is 0.820. The van der Waals surface area contributed by atoms with Gasteiger partial charge in [-0.2, -0.15) is 5.26 Å². The van der Waals surface area contributed by atoms with Crippen molar-refractivity contribution in [3.8, 4) is 11.8 Å². The second-order valence-corrected chi connectivity index (χ2v) is 16.9. The topological polar surface area (TPSA) is 164 Å². The second-order valence-electron chi connectivity index (χ2n) is 16.5. The Morgan fingerprint density at radius 3 is 2.28 bits per heavy atom. The van der Waals surface area contributed by atoms with Crippen molar-refractivity contribution in [2.45, 2.75) is 71.6 Å². The Labute approximate surface area is 337 Å². The van der Waals surface area contributed by atoms with Crippen LogP contribution in [0, 0.1) is 22.2 Å². The number of nitrogens with one attached hydrogen (secondary N) is 3. The lowest BCUT2D eigenvalue weighted by atomic mass is 9.49. The van der Waals surface area contributed by atoms with Crippen LogP contribution in [0.25, 0.3) is 0 Å². The highest BCUT2D eigenvalue weighted by atomic mass is 35.5. The molecule has 0 bridgehead atoms. The smallest absolute Gasteiger partial charge is 0.262 e. The van der Waals surface area contributed by atoms with E-state index in [1.54, 1.807) is 30.3 Å². The molecular weight excluding hydrogens is 746 g/mol. The minimum atomic E-state index is -0.976. The summed E-state index contributed by atoms with van der Waals surface area (Å²) in [7, 11) is 0. The maximum atomic E-state index is 13.3. The van der Waals surface area contributed by atoms with Gasteiger partial charge >= 0.3 is 0 Å². The van der Waals surface area contributed by atoms with Gasteiger partial charge in [-0.3, -0.25) is 39.1 Å². The molecule has 3 aliphatic heterocycles. The third kappa shape index (κ3) is 7.81. The lowest BCUT2D eigenvalue weighted by Gasteiger charge is -2.63. The average Bonchev–Trinajstić information content (AvgIpc) is 3.44. The summed E-state index contributed by atoms with van der Waals surface area (Å²) in [5.74, 6) is -1.54. The molecule has 13 nitrogen and oxygen atoms in total. The monoisotopic (exact) mass is 793 g/mol. The molecule has 3 aromatic rings. The SMILES string of the molecule is CC1(C)[C@H](NC(=O)c2ccc(NCCCCN3CCN(c4ccc5c(c4)C(=O)N(C4CCC(=O)NC4=O)C5=O)CC3)cc2)C(C)(C)[C@H]1Oc1ccc(C#N)c(Cl)c1. The van der Waals surface area contributed by atoms with Crippen molar-refractivity contribution in [1.29, 1.82) is 5.26 Å². The lowest BCUT2D eigenvalue weighted by Crippen LogP contribution is -2.74. The maximum Gasteiger partial charge on any atom is 0.262 e. The third-order valence-electron chi connectivity index (χ3n) is 12.0. The third-order valence-corrected chi connectivity index (χ3v) is 12.3. The van der Waals surface area contributed by atoms with Gasteiger partial charge in [0, 0.05) is 79.0 Å². The molecule has 2 saturated heterocycles. The number of benzene rings is 3. The molecule has 1 atom stereocenters. The van der Waals surface area contributed by atoms with Crippen LogP contribution >= 0.6 is 11.6 Å². The van der Waals surface area contributed by atoms with E-state index >= 15 is 0 Å². The van der Waals surface area contributed by atoms with Gasteiger partial charge in [-0.15, -0.1) is 0 Å². The summed E-state index contributed by atoms with van der Waals surface area (Å²) in [5, 5.41) is 18.5. The summed E-state index contributed by atoms with van der Waals surface area (Å²) in [6.45, 7) is 13.4. The Kier molecular flexibility index (Phi) is 11.0. The number of carbonyl (C=O) groups is 5. The Bertz CT molecular complexity index is 2120. The summed E-state index contributed by atoms with van der Waals surface area (Å²) in [4.78, 5) is 69.3. The molecule has 298 valence electrons. The highest BCUT2D eigenvalue weighted by Gasteiger charge is 2.64. The molecular formula is C43H48ClN7O6. The zero-order valence-corrected chi connectivity index (χ0v) is 33.4. The first-order valence-electron chi connectivity index (χ1n) is 19.5. The number of ether oxygens (including phenoxy) is 1. The Hall–Kier alpha value is -5.45. The number of imide groups is 2. The van der Waals surface area contributed by atoms with Crippen LogP contribution in [0.1, 0.15) is 90.0 Å². The van der Waals surface area contributed by atoms with Crippen molar-refractivity contribution in [3.05, 3.63) is 87.9 Å².